The fourth-order valence-electron chi connectivity index (χ4n) is 5.52. The summed E-state index contributed by atoms with van der Waals surface area (Å²) in [6.45, 7) is 14.2. The van der Waals surface area contributed by atoms with Gasteiger partial charge in [-0.05, 0) is 50.2 Å². The molecular weight excluding hydrogens is 484 g/mol. The van der Waals surface area contributed by atoms with Crippen LogP contribution in [-0.4, -0.2) is 61.6 Å². The molecule has 226 valence electrons. The highest BCUT2D eigenvalue weighted by atomic mass is 16.6. The normalized spacial score (nSPS) is 17.8. The smallest absolute Gasteiger partial charge is 0.176 e. The molecule has 0 saturated carbocycles. The highest BCUT2D eigenvalue weighted by molar-refractivity contribution is 5.31. The molecule has 5 nitrogen and oxygen atoms in total. The topological polar surface area (TPSA) is 34.2 Å². The molecule has 0 saturated heterocycles. The van der Waals surface area contributed by atoms with Crippen LogP contribution in [-0.2, 0) is 4.74 Å². The van der Waals surface area contributed by atoms with E-state index in [0.717, 1.165) is 37.7 Å². The average Bonchev–Trinajstić information content (AvgIpc) is 3.02. The number of benzene rings is 1. The SMILES string of the molecule is CCCCCCCCCCN(CC)C1COCC(N(CC)CCCCCCCCCC)Oc2ccc(cc2)O1. The number of fused-ring (bicyclic) bond motifs is 8. The van der Waals surface area contributed by atoms with Gasteiger partial charge in [0.05, 0.1) is 13.2 Å². The highest BCUT2D eigenvalue weighted by Crippen LogP contribution is 2.23. The number of hydrogen-bond acceptors (Lipinski definition) is 5. The van der Waals surface area contributed by atoms with E-state index in [-0.39, 0.29) is 12.5 Å². The summed E-state index contributed by atoms with van der Waals surface area (Å²) in [7, 11) is 0. The third kappa shape index (κ3) is 14.8. The van der Waals surface area contributed by atoms with Gasteiger partial charge in [0.1, 0.15) is 11.5 Å². The molecule has 0 aromatic heterocycles. The Hall–Kier alpha value is -1.30. The molecule has 2 bridgehead atoms. The van der Waals surface area contributed by atoms with E-state index >= 15 is 0 Å². The summed E-state index contributed by atoms with van der Waals surface area (Å²) in [6.07, 6.45) is 21.3. The van der Waals surface area contributed by atoms with Gasteiger partial charge in [-0.15, -0.1) is 0 Å². The molecule has 0 spiro atoms. The second-order valence-electron chi connectivity index (χ2n) is 11.4. The van der Waals surface area contributed by atoms with Crippen molar-refractivity contribution < 1.29 is 14.2 Å². The summed E-state index contributed by atoms with van der Waals surface area (Å²) < 4.78 is 19.2. The molecular formula is C34H62N2O3. The van der Waals surface area contributed by atoms with Crippen LogP contribution in [0.3, 0.4) is 0 Å². The van der Waals surface area contributed by atoms with Crippen LogP contribution in [0.2, 0.25) is 0 Å². The number of unbranched alkanes of at least 4 members (excludes halogenated alkanes) is 14. The molecule has 2 atom stereocenters. The molecule has 0 radical (unpaired) electrons. The van der Waals surface area contributed by atoms with E-state index in [1.807, 2.05) is 24.3 Å². The van der Waals surface area contributed by atoms with Crippen LogP contribution in [0.5, 0.6) is 11.5 Å². The molecule has 2 unspecified atom stereocenters. The van der Waals surface area contributed by atoms with Crippen molar-refractivity contribution in [1.29, 1.82) is 0 Å². The summed E-state index contributed by atoms with van der Waals surface area (Å²) in [5.41, 5.74) is 0. The molecule has 0 aliphatic carbocycles. The van der Waals surface area contributed by atoms with Crippen LogP contribution in [0.15, 0.2) is 24.3 Å². The van der Waals surface area contributed by atoms with Gasteiger partial charge in [-0.3, -0.25) is 9.80 Å². The van der Waals surface area contributed by atoms with Crippen LogP contribution in [0.4, 0.5) is 0 Å². The fourth-order valence-corrected chi connectivity index (χ4v) is 5.52. The highest BCUT2D eigenvalue weighted by Gasteiger charge is 2.24. The monoisotopic (exact) mass is 546 g/mol. The van der Waals surface area contributed by atoms with E-state index in [1.54, 1.807) is 0 Å². The largest absolute Gasteiger partial charge is 0.473 e. The van der Waals surface area contributed by atoms with Crippen molar-refractivity contribution in [3.63, 3.8) is 0 Å². The van der Waals surface area contributed by atoms with Crippen molar-refractivity contribution in [2.24, 2.45) is 0 Å². The predicted octanol–water partition coefficient (Wildman–Crippen LogP) is 9.05. The van der Waals surface area contributed by atoms with Crippen molar-refractivity contribution in [3.05, 3.63) is 24.3 Å². The summed E-state index contributed by atoms with van der Waals surface area (Å²) in [5.74, 6) is 1.77. The lowest BCUT2D eigenvalue weighted by atomic mass is 10.1. The number of nitrogens with zero attached hydrogens (tertiary/aromatic N) is 2. The first kappa shape index (κ1) is 33.9. The van der Waals surface area contributed by atoms with Crippen LogP contribution in [0, 0.1) is 0 Å². The number of ether oxygens (including phenoxy) is 3. The van der Waals surface area contributed by atoms with E-state index in [2.05, 4.69) is 37.5 Å². The molecule has 1 aromatic carbocycles. The lowest BCUT2D eigenvalue weighted by Crippen LogP contribution is -2.46. The predicted molar refractivity (Wildman–Crippen MR) is 166 cm³/mol. The Morgan fingerprint density at radius 1 is 0.513 bits per heavy atom. The first-order chi connectivity index (χ1) is 19.2. The quantitative estimate of drug-likeness (QED) is 0.107. The zero-order valence-corrected chi connectivity index (χ0v) is 26.1. The van der Waals surface area contributed by atoms with Gasteiger partial charge in [0, 0.05) is 13.1 Å². The Balaban J connectivity index is 1.85. The van der Waals surface area contributed by atoms with Crippen molar-refractivity contribution in [2.45, 2.75) is 143 Å². The lowest BCUT2D eigenvalue weighted by molar-refractivity contribution is -0.0827. The molecule has 5 heteroatoms. The van der Waals surface area contributed by atoms with Crippen LogP contribution in [0.1, 0.15) is 130 Å². The minimum Gasteiger partial charge on any atom is -0.473 e. The van der Waals surface area contributed by atoms with Gasteiger partial charge in [0.2, 0.25) is 0 Å². The van der Waals surface area contributed by atoms with Crippen molar-refractivity contribution >= 4 is 0 Å². The third-order valence-electron chi connectivity index (χ3n) is 8.11. The van der Waals surface area contributed by atoms with Crippen molar-refractivity contribution in [3.8, 4) is 11.5 Å². The molecule has 3 rings (SSSR count). The maximum absolute atomic E-state index is 6.46. The van der Waals surface area contributed by atoms with Gasteiger partial charge in [0.15, 0.2) is 12.5 Å². The maximum atomic E-state index is 6.46. The fraction of sp³-hybridized carbons (Fsp3) is 0.824. The second kappa shape index (κ2) is 22.4. The molecule has 2 aliphatic rings. The summed E-state index contributed by atoms with van der Waals surface area (Å²) in [4.78, 5) is 4.88. The lowest BCUT2D eigenvalue weighted by Gasteiger charge is -2.32. The Morgan fingerprint density at radius 3 is 1.18 bits per heavy atom. The standard InChI is InChI=1S/C34H62N2O3/c1-5-9-11-13-15-17-19-21-27-35(7-3)33-29-37-30-34(39-32-25-23-31(38-33)24-26-32)36(8-4)28-22-20-18-16-14-12-10-6-2/h23-26,33-34H,5-22,27-30H2,1-4H3. The summed E-state index contributed by atoms with van der Waals surface area (Å²) in [5, 5.41) is 0. The van der Waals surface area contributed by atoms with E-state index in [1.165, 1.54) is 103 Å². The van der Waals surface area contributed by atoms with Gasteiger partial charge >= 0.3 is 0 Å². The van der Waals surface area contributed by atoms with E-state index in [0.29, 0.717) is 13.2 Å². The van der Waals surface area contributed by atoms with Gasteiger partial charge in [-0.25, -0.2) is 0 Å². The first-order valence-corrected chi connectivity index (χ1v) is 16.7. The average molecular weight is 547 g/mol. The maximum Gasteiger partial charge on any atom is 0.176 e. The first-order valence-electron chi connectivity index (χ1n) is 16.7. The molecule has 2 heterocycles. The summed E-state index contributed by atoms with van der Waals surface area (Å²) >= 11 is 0. The van der Waals surface area contributed by atoms with Crippen LogP contribution in [0.25, 0.3) is 0 Å². The molecule has 1 aromatic rings. The van der Waals surface area contributed by atoms with Crippen LogP contribution < -0.4 is 9.47 Å². The van der Waals surface area contributed by atoms with Crippen molar-refractivity contribution in [1.82, 2.24) is 9.80 Å². The van der Waals surface area contributed by atoms with Gasteiger partial charge in [0.25, 0.3) is 0 Å². The molecule has 0 N–H and O–H groups in total. The Kier molecular flexibility index (Phi) is 19.5. The molecule has 2 aliphatic heterocycles. The Labute approximate surface area is 242 Å². The minimum absolute atomic E-state index is 0.0769. The minimum atomic E-state index is -0.0769. The molecule has 0 fully saturated rings. The van der Waals surface area contributed by atoms with Crippen LogP contribution >= 0.6 is 0 Å². The molecule has 39 heavy (non-hydrogen) atoms. The van der Waals surface area contributed by atoms with E-state index in [4.69, 9.17) is 14.2 Å². The van der Waals surface area contributed by atoms with E-state index < -0.39 is 0 Å². The van der Waals surface area contributed by atoms with E-state index in [9.17, 15) is 0 Å². The third-order valence-corrected chi connectivity index (χ3v) is 8.11. The summed E-state index contributed by atoms with van der Waals surface area (Å²) in [6, 6.07) is 8.18. The van der Waals surface area contributed by atoms with Gasteiger partial charge < -0.3 is 14.2 Å². The number of likely N-dealkylation sites (N-methyl/N-ethyl adjacent to an activating group) is 2. The Morgan fingerprint density at radius 2 is 0.846 bits per heavy atom. The zero-order valence-electron chi connectivity index (χ0n) is 26.1. The zero-order chi connectivity index (χ0) is 28.0. The Bertz CT molecular complexity index is 627. The molecule has 0 amide bonds. The van der Waals surface area contributed by atoms with Gasteiger partial charge in [-0.2, -0.15) is 0 Å². The number of hydrogen-bond donors (Lipinski definition) is 0. The second-order valence-corrected chi connectivity index (χ2v) is 11.4. The number of rotatable bonds is 22. The van der Waals surface area contributed by atoms with Crippen molar-refractivity contribution in [2.75, 3.05) is 39.4 Å². The van der Waals surface area contributed by atoms with Gasteiger partial charge in [-0.1, -0.05) is 118 Å².